The lowest BCUT2D eigenvalue weighted by atomic mass is 10.2. The number of carbonyl (C=O) groups is 1. The largest absolute Gasteiger partial charge is 0.480 e. The van der Waals surface area contributed by atoms with Gasteiger partial charge in [0.15, 0.2) is 14.6 Å². The number of hydrogen-bond acceptors (Lipinski definition) is 3. The maximum absolute atomic E-state index is 11.5. The smallest absolute Gasteiger partial charge is 0.324 e. The molecule has 0 spiro atoms. The summed E-state index contributed by atoms with van der Waals surface area (Å²) in [4.78, 5) is 10.7. The number of rotatable bonds is 4. The molecule has 0 rings (SSSR count). The zero-order valence-electron chi connectivity index (χ0n) is 8.36. The van der Waals surface area contributed by atoms with Crippen molar-refractivity contribution in [1.82, 2.24) is 0 Å². The van der Waals surface area contributed by atoms with Gasteiger partial charge in [0.1, 0.15) is 0 Å². The zero-order valence-corrected chi connectivity index (χ0v) is 9.18. The molecule has 0 radical (unpaired) electrons. The molecule has 0 aliphatic heterocycles. The third-order valence-corrected chi connectivity index (χ3v) is 4.68. The Labute approximate surface area is 78.9 Å². The summed E-state index contributed by atoms with van der Waals surface area (Å²) in [6.07, 6.45) is 0. The molecule has 0 aromatic rings. The molecule has 5 heteroatoms. The Morgan fingerprint density at radius 3 is 2.00 bits per heavy atom. The highest BCUT2D eigenvalue weighted by Gasteiger charge is 2.41. The highest BCUT2D eigenvalue weighted by Crippen LogP contribution is 2.19. The van der Waals surface area contributed by atoms with Crippen molar-refractivity contribution >= 4 is 15.8 Å². The average molecular weight is 208 g/mol. The Kier molecular flexibility index (Phi) is 3.49. The van der Waals surface area contributed by atoms with Gasteiger partial charge in [0, 0.05) is 0 Å². The van der Waals surface area contributed by atoms with Gasteiger partial charge in [-0.1, -0.05) is 13.8 Å². The molecule has 0 atom stereocenters. The Morgan fingerprint density at radius 1 is 1.38 bits per heavy atom. The summed E-state index contributed by atoms with van der Waals surface area (Å²) in [5.74, 6) is -1.44. The molecule has 78 valence electrons. The van der Waals surface area contributed by atoms with Crippen molar-refractivity contribution in [3.8, 4) is 0 Å². The van der Waals surface area contributed by atoms with E-state index in [-0.39, 0.29) is 11.7 Å². The maximum atomic E-state index is 11.5. The van der Waals surface area contributed by atoms with Gasteiger partial charge < -0.3 is 5.11 Å². The maximum Gasteiger partial charge on any atom is 0.324 e. The van der Waals surface area contributed by atoms with Crippen molar-refractivity contribution in [3.05, 3.63) is 0 Å². The van der Waals surface area contributed by atoms with Crippen LogP contribution in [0.25, 0.3) is 0 Å². The first-order valence-electron chi connectivity index (χ1n) is 4.07. The van der Waals surface area contributed by atoms with Crippen LogP contribution in [0.4, 0.5) is 0 Å². The lowest BCUT2D eigenvalue weighted by Crippen LogP contribution is -2.42. The van der Waals surface area contributed by atoms with Crippen molar-refractivity contribution < 1.29 is 18.3 Å². The first-order chi connectivity index (χ1) is 5.61. The lowest BCUT2D eigenvalue weighted by molar-refractivity contribution is -0.139. The quantitative estimate of drug-likeness (QED) is 0.745. The Balaban J connectivity index is 4.95. The molecule has 0 aliphatic rings. The van der Waals surface area contributed by atoms with Gasteiger partial charge in [-0.3, -0.25) is 4.79 Å². The second kappa shape index (κ2) is 3.65. The topological polar surface area (TPSA) is 71.4 Å². The van der Waals surface area contributed by atoms with Crippen molar-refractivity contribution in [2.45, 2.75) is 32.4 Å². The number of hydrogen-bond donors (Lipinski definition) is 1. The highest BCUT2D eigenvalue weighted by molar-refractivity contribution is 7.93. The van der Waals surface area contributed by atoms with E-state index in [0.717, 1.165) is 0 Å². The minimum Gasteiger partial charge on any atom is -0.480 e. The highest BCUT2D eigenvalue weighted by atomic mass is 32.2. The van der Waals surface area contributed by atoms with E-state index in [1.54, 1.807) is 13.8 Å². The van der Waals surface area contributed by atoms with Gasteiger partial charge in [-0.25, -0.2) is 8.42 Å². The van der Waals surface area contributed by atoms with Crippen LogP contribution in [0.2, 0.25) is 0 Å². The molecular weight excluding hydrogens is 192 g/mol. The van der Waals surface area contributed by atoms with Gasteiger partial charge in [0.05, 0.1) is 5.75 Å². The van der Waals surface area contributed by atoms with E-state index in [1.165, 1.54) is 13.8 Å². The Bertz CT molecular complexity index is 287. The predicted molar refractivity (Wildman–Crippen MR) is 50.3 cm³/mol. The second-order valence-electron chi connectivity index (χ2n) is 3.99. The first-order valence-corrected chi connectivity index (χ1v) is 5.72. The van der Waals surface area contributed by atoms with Crippen LogP contribution in [-0.2, 0) is 14.6 Å². The molecular formula is C8H16O4S. The fraction of sp³-hybridized carbons (Fsp3) is 0.875. The molecule has 0 aliphatic carbocycles. The SMILES string of the molecule is CC(C)CS(=O)(=O)C(C)(C)C(=O)O. The molecule has 4 nitrogen and oxygen atoms in total. The summed E-state index contributed by atoms with van der Waals surface area (Å²) in [5, 5.41) is 8.71. The average Bonchev–Trinajstić information content (AvgIpc) is 1.83. The predicted octanol–water partition coefficient (Wildman–Crippen LogP) is 0.920. The molecule has 0 amide bonds. The van der Waals surface area contributed by atoms with Crippen molar-refractivity contribution in [3.63, 3.8) is 0 Å². The third-order valence-electron chi connectivity index (χ3n) is 1.85. The summed E-state index contributed by atoms with van der Waals surface area (Å²) >= 11 is 0. The molecule has 1 N–H and O–H groups in total. The fourth-order valence-corrected chi connectivity index (χ4v) is 2.34. The summed E-state index contributed by atoms with van der Waals surface area (Å²) in [7, 11) is -3.56. The van der Waals surface area contributed by atoms with Crippen LogP contribution in [0, 0.1) is 5.92 Å². The summed E-state index contributed by atoms with van der Waals surface area (Å²) < 4.78 is 21.4. The van der Waals surface area contributed by atoms with Crippen LogP contribution in [0.5, 0.6) is 0 Å². The van der Waals surface area contributed by atoms with Gasteiger partial charge >= 0.3 is 5.97 Å². The molecule has 0 bridgehead atoms. The number of sulfone groups is 1. The number of carboxylic acid groups (broad SMARTS) is 1. The molecule has 0 aromatic carbocycles. The minimum atomic E-state index is -3.56. The van der Waals surface area contributed by atoms with Crippen LogP contribution in [0.15, 0.2) is 0 Å². The van der Waals surface area contributed by atoms with Gasteiger partial charge in [-0.2, -0.15) is 0 Å². The molecule has 13 heavy (non-hydrogen) atoms. The van der Waals surface area contributed by atoms with Gasteiger partial charge in [-0.05, 0) is 19.8 Å². The van der Waals surface area contributed by atoms with Crippen molar-refractivity contribution in [2.24, 2.45) is 5.92 Å². The molecule has 0 saturated heterocycles. The van der Waals surface area contributed by atoms with E-state index in [0.29, 0.717) is 0 Å². The Morgan fingerprint density at radius 2 is 1.77 bits per heavy atom. The van der Waals surface area contributed by atoms with Crippen LogP contribution < -0.4 is 0 Å². The monoisotopic (exact) mass is 208 g/mol. The van der Waals surface area contributed by atoms with E-state index >= 15 is 0 Å². The van der Waals surface area contributed by atoms with Gasteiger partial charge in [0.25, 0.3) is 0 Å². The van der Waals surface area contributed by atoms with E-state index in [2.05, 4.69) is 0 Å². The molecule has 0 heterocycles. The van der Waals surface area contributed by atoms with Crippen LogP contribution in [-0.4, -0.2) is 30.0 Å². The summed E-state index contributed by atoms with van der Waals surface area (Å²) in [6.45, 7) is 5.92. The normalized spacial score (nSPS) is 13.3. The van der Waals surface area contributed by atoms with Crippen LogP contribution in [0.1, 0.15) is 27.7 Å². The molecule has 0 saturated carbocycles. The summed E-state index contributed by atoms with van der Waals surface area (Å²) in [5.41, 5.74) is 0. The Hall–Kier alpha value is -0.580. The lowest BCUT2D eigenvalue weighted by Gasteiger charge is -2.20. The fourth-order valence-electron chi connectivity index (χ4n) is 0.780. The van der Waals surface area contributed by atoms with Gasteiger partial charge in [0.2, 0.25) is 0 Å². The van der Waals surface area contributed by atoms with Crippen LogP contribution in [0.3, 0.4) is 0 Å². The minimum absolute atomic E-state index is 0.0522. The van der Waals surface area contributed by atoms with Crippen LogP contribution >= 0.6 is 0 Å². The standard InChI is InChI=1S/C8H16O4S/c1-6(2)5-13(11,12)8(3,4)7(9)10/h6H,5H2,1-4H3,(H,9,10). The van der Waals surface area contributed by atoms with E-state index < -0.39 is 20.6 Å². The molecule has 0 unspecified atom stereocenters. The first kappa shape index (κ1) is 12.4. The third kappa shape index (κ3) is 2.69. The summed E-state index contributed by atoms with van der Waals surface area (Å²) in [6, 6.07) is 0. The van der Waals surface area contributed by atoms with E-state index in [1.807, 2.05) is 0 Å². The number of carboxylic acids is 1. The number of aliphatic carboxylic acids is 1. The van der Waals surface area contributed by atoms with Crippen molar-refractivity contribution in [2.75, 3.05) is 5.75 Å². The second-order valence-corrected chi connectivity index (χ2v) is 6.57. The van der Waals surface area contributed by atoms with E-state index in [9.17, 15) is 13.2 Å². The van der Waals surface area contributed by atoms with Gasteiger partial charge in [-0.15, -0.1) is 0 Å². The van der Waals surface area contributed by atoms with Crippen molar-refractivity contribution in [1.29, 1.82) is 0 Å². The molecule has 0 fully saturated rings. The molecule has 0 aromatic heterocycles. The zero-order chi connectivity index (χ0) is 10.9. The van der Waals surface area contributed by atoms with E-state index in [4.69, 9.17) is 5.11 Å².